The summed E-state index contributed by atoms with van der Waals surface area (Å²) >= 11 is 0. The molecule has 1 aromatic carbocycles. The molecular formula is C13H17FN2O3. The number of nitro groups is 1. The fourth-order valence-corrected chi connectivity index (χ4v) is 2.51. The topological polar surface area (TPSA) is 75.4 Å². The van der Waals surface area contributed by atoms with E-state index in [2.05, 4.69) is 5.32 Å². The highest BCUT2D eigenvalue weighted by molar-refractivity contribution is 5.61. The third kappa shape index (κ3) is 3.64. The van der Waals surface area contributed by atoms with Gasteiger partial charge in [0.15, 0.2) is 0 Å². The highest BCUT2D eigenvalue weighted by Crippen LogP contribution is 2.28. The van der Waals surface area contributed by atoms with E-state index in [4.69, 9.17) is 0 Å². The predicted octanol–water partition coefficient (Wildman–Crippen LogP) is 2.70. The van der Waals surface area contributed by atoms with Crippen LogP contribution in [0.5, 0.6) is 0 Å². The number of benzene rings is 1. The summed E-state index contributed by atoms with van der Waals surface area (Å²) in [7, 11) is 0. The van der Waals surface area contributed by atoms with Crippen LogP contribution >= 0.6 is 0 Å². The van der Waals surface area contributed by atoms with Crippen LogP contribution in [0.4, 0.5) is 15.8 Å². The zero-order valence-corrected chi connectivity index (χ0v) is 10.5. The van der Waals surface area contributed by atoms with E-state index >= 15 is 0 Å². The summed E-state index contributed by atoms with van der Waals surface area (Å²) in [6.45, 7) is 0.559. The van der Waals surface area contributed by atoms with Crippen molar-refractivity contribution in [3.63, 3.8) is 0 Å². The average molecular weight is 268 g/mol. The first-order valence-electron chi connectivity index (χ1n) is 6.42. The largest absolute Gasteiger partial charge is 0.393 e. The number of hydrogen-bond donors (Lipinski definition) is 2. The second-order valence-corrected chi connectivity index (χ2v) is 4.99. The van der Waals surface area contributed by atoms with Crippen LogP contribution in [0.3, 0.4) is 0 Å². The van der Waals surface area contributed by atoms with E-state index in [1.54, 1.807) is 0 Å². The highest BCUT2D eigenvalue weighted by atomic mass is 19.1. The third-order valence-electron chi connectivity index (χ3n) is 3.49. The van der Waals surface area contributed by atoms with Gasteiger partial charge in [-0.15, -0.1) is 0 Å². The van der Waals surface area contributed by atoms with Crippen LogP contribution in [0, 0.1) is 21.8 Å². The van der Waals surface area contributed by atoms with Crippen LogP contribution < -0.4 is 5.32 Å². The second kappa shape index (κ2) is 5.97. The minimum Gasteiger partial charge on any atom is -0.393 e. The van der Waals surface area contributed by atoms with Gasteiger partial charge in [-0.1, -0.05) is 6.42 Å². The molecular weight excluding hydrogens is 251 g/mol. The monoisotopic (exact) mass is 268 g/mol. The Morgan fingerprint density at radius 3 is 2.95 bits per heavy atom. The summed E-state index contributed by atoms with van der Waals surface area (Å²) in [5.41, 5.74) is 0.0721. The highest BCUT2D eigenvalue weighted by Gasteiger charge is 2.21. The maximum Gasteiger partial charge on any atom is 0.295 e. The van der Waals surface area contributed by atoms with Gasteiger partial charge in [-0.3, -0.25) is 10.1 Å². The number of anilines is 1. The first kappa shape index (κ1) is 13.7. The number of nitrogens with zero attached hydrogens (tertiary/aromatic N) is 1. The summed E-state index contributed by atoms with van der Waals surface area (Å²) < 4.78 is 13.0. The molecule has 0 aromatic heterocycles. The molecule has 1 aliphatic rings. The molecule has 6 heteroatoms. The molecule has 0 spiro atoms. The summed E-state index contributed by atoms with van der Waals surface area (Å²) in [5, 5.41) is 23.4. The van der Waals surface area contributed by atoms with Gasteiger partial charge in [0, 0.05) is 6.54 Å². The van der Waals surface area contributed by atoms with Crippen LogP contribution in [-0.4, -0.2) is 22.7 Å². The van der Waals surface area contributed by atoms with Crippen LogP contribution in [0.25, 0.3) is 0 Å². The number of halogens is 1. The Balaban J connectivity index is 2.01. The van der Waals surface area contributed by atoms with Crippen molar-refractivity contribution in [2.45, 2.75) is 31.8 Å². The Morgan fingerprint density at radius 1 is 1.47 bits per heavy atom. The van der Waals surface area contributed by atoms with Gasteiger partial charge in [-0.05, 0) is 37.3 Å². The lowest BCUT2D eigenvalue weighted by Gasteiger charge is -2.26. The Bertz CT molecular complexity index is 467. The van der Waals surface area contributed by atoms with Crippen molar-refractivity contribution in [3.8, 4) is 0 Å². The van der Waals surface area contributed by atoms with E-state index in [0.717, 1.165) is 25.3 Å². The van der Waals surface area contributed by atoms with Gasteiger partial charge in [-0.2, -0.15) is 0 Å². The van der Waals surface area contributed by atoms with Crippen LogP contribution in [0.15, 0.2) is 18.2 Å². The molecule has 104 valence electrons. The Labute approximate surface area is 110 Å². The molecule has 0 amide bonds. The number of aliphatic hydroxyl groups is 1. The number of nitro benzene ring substituents is 1. The Morgan fingerprint density at radius 2 is 2.26 bits per heavy atom. The molecule has 1 aromatic rings. The van der Waals surface area contributed by atoms with Gasteiger partial charge >= 0.3 is 0 Å². The molecule has 1 fully saturated rings. The van der Waals surface area contributed by atoms with Gasteiger partial charge in [0.1, 0.15) is 11.5 Å². The molecule has 1 aliphatic carbocycles. The molecule has 0 bridgehead atoms. The van der Waals surface area contributed by atoms with Gasteiger partial charge in [0.05, 0.1) is 17.1 Å². The van der Waals surface area contributed by atoms with E-state index < -0.39 is 10.7 Å². The summed E-state index contributed by atoms with van der Waals surface area (Å²) in [6, 6.07) is 3.50. The molecule has 0 radical (unpaired) electrons. The molecule has 0 aliphatic heterocycles. The zero-order valence-electron chi connectivity index (χ0n) is 10.5. The smallest absolute Gasteiger partial charge is 0.295 e. The maximum atomic E-state index is 13.0. The van der Waals surface area contributed by atoms with Gasteiger partial charge < -0.3 is 10.4 Å². The predicted molar refractivity (Wildman–Crippen MR) is 69.5 cm³/mol. The van der Waals surface area contributed by atoms with E-state index in [0.29, 0.717) is 24.6 Å². The standard InChI is InChI=1S/C13H17FN2O3/c14-10-4-5-12(13(7-10)16(18)19)15-8-9-2-1-3-11(17)6-9/h4-5,7,9,11,15,17H,1-3,6,8H2. The van der Waals surface area contributed by atoms with E-state index in [9.17, 15) is 19.6 Å². The molecule has 19 heavy (non-hydrogen) atoms. The quantitative estimate of drug-likeness (QED) is 0.650. The summed E-state index contributed by atoms with van der Waals surface area (Å²) in [5.74, 6) is -0.321. The van der Waals surface area contributed by atoms with Gasteiger partial charge in [0.2, 0.25) is 0 Å². The van der Waals surface area contributed by atoms with E-state index in [-0.39, 0.29) is 11.8 Å². The second-order valence-electron chi connectivity index (χ2n) is 4.99. The summed E-state index contributed by atoms with van der Waals surface area (Å²) in [6.07, 6.45) is 3.23. The number of rotatable bonds is 4. The first-order chi connectivity index (χ1) is 9.06. The van der Waals surface area contributed by atoms with Crippen molar-refractivity contribution in [2.75, 3.05) is 11.9 Å². The fraction of sp³-hybridized carbons (Fsp3) is 0.538. The molecule has 2 atom stereocenters. The number of nitrogens with one attached hydrogen (secondary N) is 1. The van der Waals surface area contributed by atoms with Crippen molar-refractivity contribution >= 4 is 11.4 Å². The maximum absolute atomic E-state index is 13.0. The van der Waals surface area contributed by atoms with Crippen molar-refractivity contribution < 1.29 is 14.4 Å². The SMILES string of the molecule is O=[N+]([O-])c1cc(F)ccc1NCC1CCCC(O)C1. The first-order valence-corrected chi connectivity index (χ1v) is 6.42. The molecule has 2 rings (SSSR count). The average Bonchev–Trinajstić information content (AvgIpc) is 2.37. The lowest BCUT2D eigenvalue weighted by molar-refractivity contribution is -0.384. The number of aliphatic hydroxyl groups excluding tert-OH is 1. The minimum atomic E-state index is -0.620. The molecule has 5 nitrogen and oxygen atoms in total. The lowest BCUT2D eigenvalue weighted by atomic mass is 9.87. The summed E-state index contributed by atoms with van der Waals surface area (Å²) in [4.78, 5) is 10.2. The normalized spacial score (nSPS) is 23.1. The zero-order chi connectivity index (χ0) is 13.8. The Hall–Kier alpha value is -1.69. The Kier molecular flexibility index (Phi) is 4.31. The van der Waals surface area contributed by atoms with Crippen LogP contribution in [0.1, 0.15) is 25.7 Å². The third-order valence-corrected chi connectivity index (χ3v) is 3.49. The molecule has 2 unspecified atom stereocenters. The lowest BCUT2D eigenvalue weighted by Crippen LogP contribution is -2.25. The molecule has 2 N–H and O–H groups in total. The van der Waals surface area contributed by atoms with Crippen LogP contribution in [0.2, 0.25) is 0 Å². The van der Waals surface area contributed by atoms with Gasteiger partial charge in [0.25, 0.3) is 5.69 Å². The van der Waals surface area contributed by atoms with Crippen molar-refractivity contribution in [1.82, 2.24) is 0 Å². The van der Waals surface area contributed by atoms with Crippen molar-refractivity contribution in [3.05, 3.63) is 34.1 Å². The number of hydrogen-bond acceptors (Lipinski definition) is 4. The van der Waals surface area contributed by atoms with E-state index in [1.807, 2.05) is 0 Å². The molecule has 1 saturated carbocycles. The van der Waals surface area contributed by atoms with E-state index in [1.165, 1.54) is 12.1 Å². The molecule has 0 heterocycles. The van der Waals surface area contributed by atoms with Gasteiger partial charge in [-0.25, -0.2) is 4.39 Å². The van der Waals surface area contributed by atoms with Crippen molar-refractivity contribution in [2.24, 2.45) is 5.92 Å². The minimum absolute atomic E-state index is 0.253. The molecule has 0 saturated heterocycles. The van der Waals surface area contributed by atoms with Crippen LogP contribution in [-0.2, 0) is 0 Å². The fourth-order valence-electron chi connectivity index (χ4n) is 2.51. The van der Waals surface area contributed by atoms with Crippen molar-refractivity contribution in [1.29, 1.82) is 0 Å².